The molecular formula is C11H14ClFN2O. The summed E-state index contributed by atoms with van der Waals surface area (Å²) in [7, 11) is 0. The van der Waals surface area contributed by atoms with Crippen molar-refractivity contribution in [3.63, 3.8) is 0 Å². The van der Waals surface area contributed by atoms with Crippen LogP contribution in [0.2, 0.25) is 5.02 Å². The van der Waals surface area contributed by atoms with E-state index < -0.39 is 17.3 Å². The zero-order chi connectivity index (χ0) is 12.3. The average Bonchev–Trinajstić information content (AvgIpc) is 2.20. The Balaban J connectivity index is 2.76. The van der Waals surface area contributed by atoms with Gasteiger partial charge in [-0.15, -0.1) is 0 Å². The molecule has 3 nitrogen and oxygen atoms in total. The molecule has 0 saturated carbocycles. The maximum Gasteiger partial charge on any atom is 0.237 e. The van der Waals surface area contributed by atoms with Crippen LogP contribution in [0.5, 0.6) is 0 Å². The second kappa shape index (κ2) is 4.80. The number of hydrogen-bond acceptors (Lipinski definition) is 2. The summed E-state index contributed by atoms with van der Waals surface area (Å²) in [6, 6.07) is 4.54. The zero-order valence-electron chi connectivity index (χ0n) is 9.18. The van der Waals surface area contributed by atoms with E-state index in [1.54, 1.807) is 26.0 Å². The molecule has 0 bridgehead atoms. The standard InChI is InChI=1S/C11H14ClFN2O/c1-11(2,10(14)16)15-6-7-4-3-5-8(13)9(7)12/h3-5,15H,6H2,1-2H3,(H2,14,16). The molecule has 0 atom stereocenters. The van der Waals surface area contributed by atoms with Gasteiger partial charge in [-0.2, -0.15) is 0 Å². The van der Waals surface area contributed by atoms with Crippen LogP contribution in [0.25, 0.3) is 0 Å². The number of halogens is 2. The number of primary amides is 1. The van der Waals surface area contributed by atoms with Crippen molar-refractivity contribution in [3.8, 4) is 0 Å². The fourth-order valence-electron chi connectivity index (χ4n) is 1.09. The van der Waals surface area contributed by atoms with E-state index >= 15 is 0 Å². The molecule has 0 unspecified atom stereocenters. The van der Waals surface area contributed by atoms with E-state index in [4.69, 9.17) is 17.3 Å². The van der Waals surface area contributed by atoms with E-state index in [9.17, 15) is 9.18 Å². The van der Waals surface area contributed by atoms with E-state index in [0.29, 0.717) is 5.56 Å². The molecule has 0 radical (unpaired) electrons. The molecule has 0 aliphatic carbocycles. The fraction of sp³-hybridized carbons (Fsp3) is 0.364. The van der Waals surface area contributed by atoms with Crippen molar-refractivity contribution in [2.24, 2.45) is 5.73 Å². The van der Waals surface area contributed by atoms with Crippen molar-refractivity contribution in [2.75, 3.05) is 0 Å². The number of hydrogen-bond donors (Lipinski definition) is 2. The van der Waals surface area contributed by atoms with Crippen molar-refractivity contribution >= 4 is 17.5 Å². The van der Waals surface area contributed by atoms with Crippen LogP contribution < -0.4 is 11.1 Å². The summed E-state index contributed by atoms with van der Waals surface area (Å²) in [4.78, 5) is 11.0. The number of carbonyl (C=O) groups is 1. The second-order valence-corrected chi connectivity index (χ2v) is 4.43. The summed E-state index contributed by atoms with van der Waals surface area (Å²) in [5.41, 5.74) is 4.94. The normalized spacial score (nSPS) is 11.5. The SMILES string of the molecule is CC(C)(NCc1cccc(F)c1Cl)C(N)=O. The lowest BCUT2D eigenvalue weighted by atomic mass is 10.0. The molecule has 1 amide bonds. The van der Waals surface area contributed by atoms with Crippen LogP contribution in [0.15, 0.2) is 18.2 Å². The first-order chi connectivity index (χ1) is 7.34. The molecule has 88 valence electrons. The van der Waals surface area contributed by atoms with Crippen LogP contribution in [0.3, 0.4) is 0 Å². The van der Waals surface area contributed by atoms with Gasteiger partial charge in [0.05, 0.1) is 10.6 Å². The molecular weight excluding hydrogens is 231 g/mol. The summed E-state index contributed by atoms with van der Waals surface area (Å²) in [6.45, 7) is 3.59. The number of rotatable bonds is 4. The molecule has 5 heteroatoms. The summed E-state index contributed by atoms with van der Waals surface area (Å²) in [6.07, 6.45) is 0. The van der Waals surface area contributed by atoms with E-state index in [0.717, 1.165) is 0 Å². The summed E-state index contributed by atoms with van der Waals surface area (Å²) >= 11 is 5.77. The van der Waals surface area contributed by atoms with Gasteiger partial charge in [-0.1, -0.05) is 23.7 Å². The minimum Gasteiger partial charge on any atom is -0.368 e. The molecule has 0 fully saturated rings. The van der Waals surface area contributed by atoms with Gasteiger partial charge in [0.2, 0.25) is 5.91 Å². The minimum absolute atomic E-state index is 0.0651. The first kappa shape index (κ1) is 12.9. The molecule has 0 aromatic heterocycles. The monoisotopic (exact) mass is 244 g/mol. The third kappa shape index (κ3) is 2.93. The largest absolute Gasteiger partial charge is 0.368 e. The number of nitrogens with one attached hydrogen (secondary N) is 1. The Morgan fingerprint density at radius 1 is 1.56 bits per heavy atom. The number of amides is 1. The van der Waals surface area contributed by atoms with Gasteiger partial charge in [0.15, 0.2) is 0 Å². The van der Waals surface area contributed by atoms with Gasteiger partial charge in [0.25, 0.3) is 0 Å². The smallest absolute Gasteiger partial charge is 0.237 e. The van der Waals surface area contributed by atoms with Gasteiger partial charge in [0, 0.05) is 6.54 Å². The number of carbonyl (C=O) groups excluding carboxylic acids is 1. The maximum atomic E-state index is 13.1. The van der Waals surface area contributed by atoms with Gasteiger partial charge in [-0.05, 0) is 25.5 Å². The topological polar surface area (TPSA) is 55.1 Å². The highest BCUT2D eigenvalue weighted by Crippen LogP contribution is 2.20. The first-order valence-electron chi connectivity index (χ1n) is 4.82. The third-order valence-corrected chi connectivity index (χ3v) is 2.79. The summed E-state index contributed by atoms with van der Waals surface area (Å²) in [5.74, 6) is -0.946. The predicted octanol–water partition coefficient (Wildman–Crippen LogP) is 1.83. The van der Waals surface area contributed by atoms with Gasteiger partial charge < -0.3 is 5.73 Å². The Labute approximate surface area is 98.8 Å². The molecule has 3 N–H and O–H groups in total. The van der Waals surface area contributed by atoms with Gasteiger partial charge in [0.1, 0.15) is 5.82 Å². The van der Waals surface area contributed by atoms with Crippen LogP contribution in [0, 0.1) is 5.82 Å². The van der Waals surface area contributed by atoms with Gasteiger partial charge in [-0.3, -0.25) is 10.1 Å². The van der Waals surface area contributed by atoms with E-state index in [1.165, 1.54) is 6.07 Å². The molecule has 0 aliphatic rings. The van der Waals surface area contributed by atoms with E-state index in [1.807, 2.05) is 0 Å². The van der Waals surface area contributed by atoms with Crippen molar-refractivity contribution in [1.82, 2.24) is 5.32 Å². The zero-order valence-corrected chi connectivity index (χ0v) is 9.94. The molecule has 1 rings (SSSR count). The van der Waals surface area contributed by atoms with E-state index in [-0.39, 0.29) is 11.6 Å². The first-order valence-corrected chi connectivity index (χ1v) is 5.20. The molecule has 0 spiro atoms. The molecule has 0 heterocycles. The van der Waals surface area contributed by atoms with Crippen molar-refractivity contribution < 1.29 is 9.18 Å². The Morgan fingerprint density at radius 3 is 2.75 bits per heavy atom. The maximum absolute atomic E-state index is 13.1. The van der Waals surface area contributed by atoms with Crippen LogP contribution in [-0.4, -0.2) is 11.4 Å². The van der Waals surface area contributed by atoms with Crippen molar-refractivity contribution in [3.05, 3.63) is 34.6 Å². The van der Waals surface area contributed by atoms with Gasteiger partial charge >= 0.3 is 0 Å². The Kier molecular flexibility index (Phi) is 3.88. The minimum atomic E-state index is -0.852. The Bertz CT molecular complexity index is 407. The second-order valence-electron chi connectivity index (χ2n) is 4.06. The van der Waals surface area contributed by atoms with Gasteiger partial charge in [-0.25, -0.2) is 4.39 Å². The Morgan fingerprint density at radius 2 is 2.19 bits per heavy atom. The van der Waals surface area contributed by atoms with Crippen LogP contribution in [0.1, 0.15) is 19.4 Å². The fourth-order valence-corrected chi connectivity index (χ4v) is 1.28. The highest BCUT2D eigenvalue weighted by Gasteiger charge is 2.24. The average molecular weight is 245 g/mol. The number of benzene rings is 1. The summed E-state index contributed by atoms with van der Waals surface area (Å²) < 4.78 is 13.1. The predicted molar refractivity (Wildman–Crippen MR) is 61.5 cm³/mol. The number of nitrogens with two attached hydrogens (primary N) is 1. The molecule has 1 aromatic rings. The molecule has 16 heavy (non-hydrogen) atoms. The van der Waals surface area contributed by atoms with Crippen LogP contribution in [-0.2, 0) is 11.3 Å². The molecule has 0 aliphatic heterocycles. The lowest BCUT2D eigenvalue weighted by Gasteiger charge is -2.22. The lowest BCUT2D eigenvalue weighted by Crippen LogP contribution is -2.50. The summed E-state index contributed by atoms with van der Waals surface area (Å²) in [5, 5.41) is 2.98. The highest BCUT2D eigenvalue weighted by atomic mass is 35.5. The molecule has 0 saturated heterocycles. The quantitative estimate of drug-likeness (QED) is 0.849. The Hall–Kier alpha value is -1.13. The van der Waals surface area contributed by atoms with Crippen molar-refractivity contribution in [1.29, 1.82) is 0 Å². The van der Waals surface area contributed by atoms with Crippen molar-refractivity contribution in [2.45, 2.75) is 25.9 Å². The van der Waals surface area contributed by atoms with Crippen LogP contribution >= 0.6 is 11.6 Å². The molecule has 1 aromatic carbocycles. The lowest BCUT2D eigenvalue weighted by molar-refractivity contribution is -0.123. The van der Waals surface area contributed by atoms with E-state index in [2.05, 4.69) is 5.32 Å². The third-order valence-electron chi connectivity index (χ3n) is 2.37. The highest BCUT2D eigenvalue weighted by molar-refractivity contribution is 6.31. The van der Waals surface area contributed by atoms with Crippen LogP contribution in [0.4, 0.5) is 4.39 Å².